The number of hydrogen-bond acceptors (Lipinski definition) is 5. The number of benzene rings is 3. The van der Waals surface area contributed by atoms with E-state index in [-0.39, 0.29) is 0 Å². The van der Waals surface area contributed by atoms with Crippen LogP contribution < -0.4 is 0 Å². The van der Waals surface area contributed by atoms with Crippen LogP contribution in [0.2, 0.25) is 0 Å². The van der Waals surface area contributed by atoms with E-state index in [1.165, 1.54) is 16.9 Å². The summed E-state index contributed by atoms with van der Waals surface area (Å²) in [5.74, 6) is 0. The van der Waals surface area contributed by atoms with Crippen LogP contribution in [0.5, 0.6) is 0 Å². The van der Waals surface area contributed by atoms with Crippen molar-refractivity contribution in [1.29, 1.82) is 0 Å². The number of nitrogens with zero attached hydrogens (tertiary/aromatic N) is 2. The van der Waals surface area contributed by atoms with Crippen molar-refractivity contribution in [1.82, 2.24) is 15.2 Å². The Hall–Kier alpha value is -2.80. The van der Waals surface area contributed by atoms with Crippen LogP contribution in [0.1, 0.15) is 0 Å². The molecule has 29 heavy (non-hydrogen) atoms. The van der Waals surface area contributed by atoms with E-state index in [0.717, 1.165) is 37.0 Å². The maximum atomic E-state index is 5.25. The van der Waals surface area contributed by atoms with E-state index in [1.807, 2.05) is 30.3 Å². The zero-order valence-electron chi connectivity index (χ0n) is 15.2. The van der Waals surface area contributed by atoms with E-state index < -0.39 is 0 Å². The molecular formula is C23H15N3S3. The molecule has 0 amide bonds. The average molecular weight is 430 g/mol. The lowest BCUT2D eigenvalue weighted by molar-refractivity contribution is 1.00. The number of aromatic nitrogens is 3. The van der Waals surface area contributed by atoms with Crippen molar-refractivity contribution in [3.05, 3.63) is 88.9 Å². The first kappa shape index (κ1) is 18.2. The number of fused-ring (bicyclic) bond motifs is 1. The Labute approximate surface area is 181 Å². The van der Waals surface area contributed by atoms with Gasteiger partial charge >= 0.3 is 0 Å². The third-order valence-corrected chi connectivity index (χ3v) is 6.82. The summed E-state index contributed by atoms with van der Waals surface area (Å²) in [6, 6.07) is 29.1. The Morgan fingerprint density at radius 2 is 1.45 bits per heavy atom. The first-order valence-corrected chi connectivity index (χ1v) is 11.1. The summed E-state index contributed by atoms with van der Waals surface area (Å²) in [7, 11) is 0. The largest absolute Gasteiger partial charge is 0.257 e. The van der Waals surface area contributed by atoms with Gasteiger partial charge in [0, 0.05) is 21.4 Å². The summed E-state index contributed by atoms with van der Waals surface area (Å²) in [5, 5.41) is 8.40. The summed E-state index contributed by atoms with van der Waals surface area (Å²) >= 11 is 8.34. The third kappa shape index (κ3) is 3.62. The van der Waals surface area contributed by atoms with Crippen molar-refractivity contribution in [2.24, 2.45) is 0 Å². The average Bonchev–Trinajstić information content (AvgIpc) is 3.19. The molecule has 6 heteroatoms. The van der Waals surface area contributed by atoms with Crippen LogP contribution in [0, 0.1) is 3.95 Å². The van der Waals surface area contributed by atoms with Crippen molar-refractivity contribution >= 4 is 46.2 Å². The van der Waals surface area contributed by atoms with Gasteiger partial charge in [0.1, 0.15) is 0 Å². The molecule has 2 heterocycles. The van der Waals surface area contributed by atoms with E-state index in [4.69, 9.17) is 17.2 Å². The molecule has 0 saturated heterocycles. The molecule has 2 aromatic heterocycles. The van der Waals surface area contributed by atoms with E-state index in [9.17, 15) is 0 Å². The Kier molecular flexibility index (Phi) is 4.97. The van der Waals surface area contributed by atoms with Crippen molar-refractivity contribution in [2.45, 2.75) is 9.24 Å². The van der Waals surface area contributed by atoms with Gasteiger partial charge in [0.2, 0.25) is 0 Å². The monoisotopic (exact) mass is 429 g/mol. The Balaban J connectivity index is 1.87. The van der Waals surface area contributed by atoms with Gasteiger partial charge < -0.3 is 0 Å². The summed E-state index contributed by atoms with van der Waals surface area (Å²) in [6.07, 6.45) is 0. The number of aromatic amines is 1. The zero-order valence-corrected chi connectivity index (χ0v) is 17.7. The second kappa shape index (κ2) is 7.91. The second-order valence-corrected chi connectivity index (χ2v) is 9.32. The normalized spacial score (nSPS) is 11.0. The molecule has 3 aromatic carbocycles. The number of H-pyrrole nitrogens is 1. The molecule has 0 bridgehead atoms. The first-order chi connectivity index (χ1) is 14.3. The molecule has 0 aliphatic heterocycles. The van der Waals surface area contributed by atoms with Crippen LogP contribution in [0.3, 0.4) is 0 Å². The van der Waals surface area contributed by atoms with Gasteiger partial charge in [-0.2, -0.15) is 5.10 Å². The molecule has 5 aromatic rings. The maximum Gasteiger partial charge on any atom is 0.177 e. The number of para-hydroxylation sites is 1. The fraction of sp³-hybridized carbons (Fsp3) is 0. The lowest BCUT2D eigenvalue weighted by Gasteiger charge is -2.16. The highest BCUT2D eigenvalue weighted by Gasteiger charge is 2.20. The topological polar surface area (TPSA) is 41.6 Å². The molecule has 0 atom stereocenters. The summed E-state index contributed by atoms with van der Waals surface area (Å²) in [5.41, 5.74) is 5.33. The fourth-order valence-electron chi connectivity index (χ4n) is 3.32. The molecule has 1 N–H and O–H groups in total. The predicted molar refractivity (Wildman–Crippen MR) is 124 cm³/mol. The van der Waals surface area contributed by atoms with Gasteiger partial charge in [-0.3, -0.25) is 5.10 Å². The van der Waals surface area contributed by atoms with Gasteiger partial charge in [-0.05, 0) is 23.8 Å². The quantitative estimate of drug-likeness (QED) is 0.306. The van der Waals surface area contributed by atoms with E-state index >= 15 is 0 Å². The smallest absolute Gasteiger partial charge is 0.177 e. The molecule has 0 spiro atoms. The summed E-state index contributed by atoms with van der Waals surface area (Å²) in [4.78, 5) is 6.14. The minimum absolute atomic E-state index is 0.670. The molecular weight excluding hydrogens is 414 g/mol. The van der Waals surface area contributed by atoms with Crippen molar-refractivity contribution < 1.29 is 0 Å². The Morgan fingerprint density at radius 1 is 0.793 bits per heavy atom. The minimum atomic E-state index is 0.670. The highest BCUT2D eigenvalue weighted by Crippen LogP contribution is 2.45. The summed E-state index contributed by atoms with van der Waals surface area (Å²) in [6.45, 7) is 0. The molecule has 0 saturated carbocycles. The van der Waals surface area contributed by atoms with Crippen molar-refractivity contribution in [3.63, 3.8) is 0 Å². The van der Waals surface area contributed by atoms with Crippen molar-refractivity contribution in [3.8, 4) is 22.4 Å². The zero-order chi connectivity index (χ0) is 19.6. The number of rotatable bonds is 4. The van der Waals surface area contributed by atoms with Crippen LogP contribution >= 0.6 is 35.3 Å². The molecule has 0 radical (unpaired) electrons. The standard InChI is InChI=1S/C23H15N3S3/c27-22-25-26-23(29-22)28-21-19(15-9-3-1-4-10-15)17-13-7-8-14-18(17)24-20(21)16-11-5-2-6-12-16/h1-14H,(H,25,27). The van der Waals surface area contributed by atoms with Crippen LogP contribution in [-0.2, 0) is 0 Å². The van der Waals surface area contributed by atoms with Crippen LogP contribution in [-0.4, -0.2) is 15.2 Å². The number of nitrogens with one attached hydrogen (secondary N) is 1. The lowest BCUT2D eigenvalue weighted by Crippen LogP contribution is -1.95. The van der Waals surface area contributed by atoms with Gasteiger partial charge in [0.05, 0.1) is 11.2 Å². The molecule has 3 nitrogen and oxygen atoms in total. The SMILES string of the molecule is S=c1[nH]nc(Sc2c(-c3ccccc3)nc3ccccc3c2-c2ccccc2)s1. The predicted octanol–water partition coefficient (Wildman–Crippen LogP) is 7.23. The molecule has 140 valence electrons. The molecule has 5 rings (SSSR count). The lowest BCUT2D eigenvalue weighted by atomic mass is 9.98. The molecule has 0 fully saturated rings. The van der Waals surface area contributed by atoms with Gasteiger partial charge in [-0.15, -0.1) is 0 Å². The fourth-order valence-corrected chi connectivity index (χ4v) is 5.63. The van der Waals surface area contributed by atoms with Gasteiger partial charge in [-0.25, -0.2) is 4.98 Å². The number of hydrogen-bond donors (Lipinski definition) is 1. The minimum Gasteiger partial charge on any atom is -0.257 e. The number of pyridine rings is 1. The third-order valence-electron chi connectivity index (χ3n) is 4.57. The summed E-state index contributed by atoms with van der Waals surface area (Å²) < 4.78 is 1.55. The highest BCUT2D eigenvalue weighted by molar-refractivity contribution is 8.01. The van der Waals surface area contributed by atoms with E-state index in [0.29, 0.717) is 3.95 Å². The Bertz CT molecular complexity index is 1340. The van der Waals surface area contributed by atoms with Crippen molar-refractivity contribution in [2.75, 3.05) is 0 Å². The molecule has 0 aliphatic rings. The van der Waals surface area contributed by atoms with Gasteiger partial charge in [0.25, 0.3) is 0 Å². The van der Waals surface area contributed by atoms with E-state index in [2.05, 4.69) is 64.8 Å². The Morgan fingerprint density at radius 3 is 2.14 bits per heavy atom. The van der Waals surface area contributed by atoms with Crippen LogP contribution in [0.15, 0.2) is 94.2 Å². The van der Waals surface area contributed by atoms with Crippen LogP contribution in [0.25, 0.3) is 33.3 Å². The molecule has 0 unspecified atom stereocenters. The maximum absolute atomic E-state index is 5.25. The highest BCUT2D eigenvalue weighted by atomic mass is 32.2. The van der Waals surface area contributed by atoms with Gasteiger partial charge in [-0.1, -0.05) is 102 Å². The second-order valence-electron chi connectivity index (χ2n) is 6.39. The van der Waals surface area contributed by atoms with E-state index in [1.54, 1.807) is 11.8 Å². The molecule has 0 aliphatic carbocycles. The first-order valence-electron chi connectivity index (χ1n) is 9.06. The van der Waals surface area contributed by atoms with Gasteiger partial charge in [0.15, 0.2) is 8.29 Å². The van der Waals surface area contributed by atoms with Crippen LogP contribution in [0.4, 0.5) is 0 Å².